The minimum atomic E-state index is -0.569. The Morgan fingerprint density at radius 3 is 2.45 bits per heavy atom. The first-order valence-corrected chi connectivity index (χ1v) is 12.7. The molecule has 1 aliphatic carbocycles. The lowest BCUT2D eigenvalue weighted by molar-refractivity contribution is -0.121. The van der Waals surface area contributed by atoms with E-state index in [4.69, 9.17) is 14.5 Å². The van der Waals surface area contributed by atoms with Crippen molar-refractivity contribution in [1.29, 1.82) is 5.26 Å². The molecule has 38 heavy (non-hydrogen) atoms. The van der Waals surface area contributed by atoms with E-state index >= 15 is 0 Å². The smallest absolute Gasteiger partial charge is 0.408 e. The highest BCUT2D eigenvalue weighted by atomic mass is 16.6. The van der Waals surface area contributed by atoms with Crippen molar-refractivity contribution in [2.24, 2.45) is 0 Å². The number of hydrogen-bond acceptors (Lipinski definition) is 6. The summed E-state index contributed by atoms with van der Waals surface area (Å²) in [4.78, 5) is 31.2. The molecule has 0 atom stereocenters. The predicted octanol–water partition coefficient (Wildman–Crippen LogP) is 5.57. The van der Waals surface area contributed by atoms with Crippen molar-refractivity contribution in [3.8, 4) is 34.3 Å². The van der Waals surface area contributed by atoms with Gasteiger partial charge in [-0.25, -0.2) is 9.78 Å². The average Bonchev–Trinajstić information content (AvgIpc) is 2.87. The zero-order valence-corrected chi connectivity index (χ0v) is 21.8. The van der Waals surface area contributed by atoms with Crippen LogP contribution in [0.2, 0.25) is 0 Å². The second-order valence-corrected chi connectivity index (χ2v) is 10.6. The Morgan fingerprint density at radius 1 is 1.13 bits per heavy atom. The standard InChI is InChI=1S/C30H30N4O4/c1-29(2,3)38-28(36)33-30(14-7-15-30)22-12-10-21(11-13-22)26-23(20-8-5-4-6-9-20)18-24-27(32-26)37-19-25(35)34(24)17-16-31/h4-6,8-13,18H,7,14-15,17,19H2,1-3H3,(H,33,36). The SMILES string of the molecule is CC(C)(C)OC(=O)NC1(c2ccc(-c3nc4c(cc3-c3ccccc3)N(CC#N)C(=O)CO4)cc2)CCC1. The largest absolute Gasteiger partial charge is 0.466 e. The first-order valence-electron chi connectivity index (χ1n) is 12.7. The monoisotopic (exact) mass is 510 g/mol. The van der Waals surface area contributed by atoms with Gasteiger partial charge in [-0.2, -0.15) is 5.26 Å². The highest BCUT2D eigenvalue weighted by Gasteiger charge is 2.41. The van der Waals surface area contributed by atoms with Gasteiger partial charge in [-0.05, 0) is 57.2 Å². The zero-order chi connectivity index (χ0) is 26.9. The third-order valence-electron chi connectivity index (χ3n) is 6.86. The molecule has 0 radical (unpaired) electrons. The number of hydrogen-bond donors (Lipinski definition) is 1. The molecule has 3 aromatic rings. The first-order chi connectivity index (χ1) is 18.2. The summed E-state index contributed by atoms with van der Waals surface area (Å²) in [6, 6.07) is 21.7. The van der Waals surface area contributed by atoms with Crippen molar-refractivity contribution in [3.63, 3.8) is 0 Å². The number of alkyl carbamates (subject to hydrolysis) is 1. The van der Waals surface area contributed by atoms with Crippen LogP contribution in [-0.2, 0) is 15.1 Å². The second kappa shape index (κ2) is 9.82. The highest BCUT2D eigenvalue weighted by molar-refractivity contribution is 5.99. The summed E-state index contributed by atoms with van der Waals surface area (Å²) in [6.07, 6.45) is 2.29. The molecule has 2 heterocycles. The molecular weight excluding hydrogens is 480 g/mol. The van der Waals surface area contributed by atoms with E-state index in [1.807, 2.05) is 81.4 Å². The average molecular weight is 511 g/mol. The third-order valence-corrected chi connectivity index (χ3v) is 6.86. The van der Waals surface area contributed by atoms with E-state index in [0.717, 1.165) is 41.5 Å². The molecule has 2 aromatic carbocycles. The maximum absolute atomic E-state index is 12.6. The van der Waals surface area contributed by atoms with Gasteiger partial charge < -0.3 is 14.8 Å². The lowest BCUT2D eigenvalue weighted by Gasteiger charge is -2.43. The highest BCUT2D eigenvalue weighted by Crippen LogP contribution is 2.44. The van der Waals surface area contributed by atoms with Crippen LogP contribution < -0.4 is 15.0 Å². The lowest BCUT2D eigenvalue weighted by Crippen LogP contribution is -2.52. The summed E-state index contributed by atoms with van der Waals surface area (Å²) in [5.74, 6) is 0.0425. The summed E-state index contributed by atoms with van der Waals surface area (Å²) in [7, 11) is 0. The molecule has 1 aromatic heterocycles. The normalized spacial score (nSPS) is 15.9. The fourth-order valence-electron chi connectivity index (χ4n) is 4.89. The van der Waals surface area contributed by atoms with Crippen molar-refractivity contribution >= 4 is 17.7 Å². The van der Waals surface area contributed by atoms with Crippen LogP contribution in [0.5, 0.6) is 5.88 Å². The summed E-state index contributed by atoms with van der Waals surface area (Å²) in [5.41, 5.74) is 3.80. The number of aromatic nitrogens is 1. The fraction of sp³-hybridized carbons (Fsp3) is 0.333. The van der Waals surface area contributed by atoms with E-state index in [0.29, 0.717) is 17.3 Å². The number of carbonyl (C=O) groups excluding carboxylic acids is 2. The molecule has 8 heteroatoms. The van der Waals surface area contributed by atoms with Crippen molar-refractivity contribution in [3.05, 3.63) is 66.2 Å². The maximum atomic E-state index is 12.6. The van der Waals surface area contributed by atoms with Gasteiger partial charge in [0.15, 0.2) is 6.61 Å². The van der Waals surface area contributed by atoms with E-state index < -0.39 is 17.2 Å². The van der Waals surface area contributed by atoms with Gasteiger partial charge in [0.1, 0.15) is 17.8 Å². The van der Waals surface area contributed by atoms with Crippen LogP contribution in [-0.4, -0.2) is 35.7 Å². The number of ether oxygens (including phenoxy) is 2. The molecule has 0 bridgehead atoms. The van der Waals surface area contributed by atoms with Crippen LogP contribution in [0.15, 0.2) is 60.7 Å². The Morgan fingerprint density at radius 2 is 1.84 bits per heavy atom. The summed E-state index contributed by atoms with van der Waals surface area (Å²) < 4.78 is 11.2. The number of nitriles is 1. The molecule has 0 saturated heterocycles. The Labute approximate surface area is 222 Å². The maximum Gasteiger partial charge on any atom is 0.408 e. The quantitative estimate of drug-likeness (QED) is 0.450. The second-order valence-electron chi connectivity index (χ2n) is 10.6. The summed E-state index contributed by atoms with van der Waals surface area (Å²) >= 11 is 0. The molecule has 194 valence electrons. The zero-order valence-electron chi connectivity index (χ0n) is 21.8. The lowest BCUT2D eigenvalue weighted by atomic mass is 9.71. The molecule has 2 amide bonds. The number of carbonyl (C=O) groups is 2. The Bertz CT molecular complexity index is 1400. The third kappa shape index (κ3) is 4.92. The molecule has 5 rings (SSSR count). The van der Waals surface area contributed by atoms with Crippen molar-refractivity contribution in [2.45, 2.75) is 51.2 Å². The van der Waals surface area contributed by atoms with Gasteiger partial charge in [0, 0.05) is 11.1 Å². The molecule has 0 spiro atoms. The number of fused-ring (bicyclic) bond motifs is 1. The van der Waals surface area contributed by atoms with Crippen LogP contribution in [0.25, 0.3) is 22.4 Å². The minimum absolute atomic E-state index is 0.0775. The van der Waals surface area contributed by atoms with E-state index in [1.165, 1.54) is 4.90 Å². The number of rotatable bonds is 5. The molecule has 8 nitrogen and oxygen atoms in total. The van der Waals surface area contributed by atoms with Gasteiger partial charge in [0.05, 0.1) is 17.3 Å². The van der Waals surface area contributed by atoms with Crippen LogP contribution in [0.3, 0.4) is 0 Å². The van der Waals surface area contributed by atoms with E-state index in [1.54, 1.807) is 0 Å². The van der Waals surface area contributed by atoms with E-state index in [9.17, 15) is 14.9 Å². The Hall–Kier alpha value is -4.38. The van der Waals surface area contributed by atoms with Crippen molar-refractivity contribution < 1.29 is 19.1 Å². The number of benzene rings is 2. The van der Waals surface area contributed by atoms with Gasteiger partial charge in [-0.3, -0.25) is 9.69 Å². The van der Waals surface area contributed by atoms with E-state index in [2.05, 4.69) is 11.4 Å². The number of nitrogens with zero attached hydrogens (tertiary/aromatic N) is 3. The Kier molecular flexibility index (Phi) is 6.53. The molecule has 1 N–H and O–H groups in total. The van der Waals surface area contributed by atoms with Crippen LogP contribution in [0, 0.1) is 11.3 Å². The van der Waals surface area contributed by atoms with Gasteiger partial charge in [-0.15, -0.1) is 0 Å². The number of anilines is 1. The number of amides is 2. The van der Waals surface area contributed by atoms with Gasteiger partial charge in [0.2, 0.25) is 5.88 Å². The first kappa shape index (κ1) is 25.3. The van der Waals surface area contributed by atoms with Crippen molar-refractivity contribution in [2.75, 3.05) is 18.1 Å². The number of nitrogens with one attached hydrogen (secondary N) is 1. The topological polar surface area (TPSA) is 105 Å². The van der Waals surface area contributed by atoms with Crippen LogP contribution in [0.4, 0.5) is 10.5 Å². The molecule has 1 aliphatic heterocycles. The van der Waals surface area contributed by atoms with Crippen LogP contribution in [0.1, 0.15) is 45.6 Å². The van der Waals surface area contributed by atoms with Gasteiger partial charge in [0.25, 0.3) is 5.91 Å². The molecular formula is C30H30N4O4. The summed E-state index contributed by atoms with van der Waals surface area (Å²) in [6.45, 7) is 5.31. The van der Waals surface area contributed by atoms with Gasteiger partial charge in [-0.1, -0.05) is 54.6 Å². The summed E-state index contributed by atoms with van der Waals surface area (Å²) in [5, 5.41) is 12.4. The predicted molar refractivity (Wildman–Crippen MR) is 143 cm³/mol. The molecule has 0 unspecified atom stereocenters. The fourth-order valence-corrected chi connectivity index (χ4v) is 4.89. The number of pyridine rings is 1. The van der Waals surface area contributed by atoms with Crippen LogP contribution >= 0.6 is 0 Å². The molecule has 2 aliphatic rings. The van der Waals surface area contributed by atoms with Crippen molar-refractivity contribution in [1.82, 2.24) is 10.3 Å². The van der Waals surface area contributed by atoms with Gasteiger partial charge >= 0.3 is 6.09 Å². The molecule has 1 saturated carbocycles. The minimum Gasteiger partial charge on any atom is -0.466 e. The molecule has 1 fully saturated rings. The Balaban J connectivity index is 1.53. The van der Waals surface area contributed by atoms with E-state index in [-0.39, 0.29) is 19.1 Å².